The lowest BCUT2D eigenvalue weighted by molar-refractivity contribution is 0.0150. The second kappa shape index (κ2) is 3.51. The Balaban J connectivity index is 2.72. The lowest BCUT2D eigenvalue weighted by Gasteiger charge is -2.21. The van der Waals surface area contributed by atoms with E-state index in [-0.39, 0.29) is 12.6 Å². The van der Waals surface area contributed by atoms with Gasteiger partial charge in [0.15, 0.2) is 0 Å². The minimum absolute atomic E-state index is 0.148. The molecule has 76 valence electrons. The predicted octanol–water partition coefficient (Wildman–Crippen LogP) is 0.136. The van der Waals surface area contributed by atoms with Crippen LogP contribution in [0.2, 0.25) is 0 Å². The Morgan fingerprint density at radius 3 is 2.69 bits per heavy atom. The maximum absolute atomic E-state index is 10.7. The molecule has 0 bridgehead atoms. The smallest absolute Gasteiger partial charge is 0.407 e. The Bertz CT molecular complexity index is 208. The molecule has 0 spiro atoms. The zero-order chi connectivity index (χ0) is 10.1. The summed E-state index contributed by atoms with van der Waals surface area (Å²) in [5, 5.41) is 17.8. The lowest BCUT2D eigenvalue weighted by Crippen LogP contribution is -2.38. The Morgan fingerprint density at radius 1 is 1.77 bits per heavy atom. The van der Waals surface area contributed by atoms with E-state index in [2.05, 4.69) is 0 Å². The lowest BCUT2D eigenvalue weighted by atomic mass is 10.0. The van der Waals surface area contributed by atoms with Crippen molar-refractivity contribution in [1.29, 1.82) is 0 Å². The number of hydrogen-bond acceptors (Lipinski definition) is 3. The van der Waals surface area contributed by atoms with Crippen LogP contribution in [0.5, 0.6) is 0 Å². The first-order chi connectivity index (χ1) is 6.02. The van der Waals surface area contributed by atoms with Crippen LogP contribution in [-0.2, 0) is 4.74 Å². The molecule has 13 heavy (non-hydrogen) atoms. The molecule has 1 saturated heterocycles. The highest BCUT2D eigenvalue weighted by atomic mass is 16.5. The van der Waals surface area contributed by atoms with Crippen LogP contribution in [0.4, 0.5) is 4.79 Å². The van der Waals surface area contributed by atoms with Crippen LogP contribution in [0.3, 0.4) is 0 Å². The summed E-state index contributed by atoms with van der Waals surface area (Å²) in [5.74, 6) is 0. The number of amides is 1. The van der Waals surface area contributed by atoms with Crippen molar-refractivity contribution in [2.75, 3.05) is 20.3 Å². The van der Waals surface area contributed by atoms with Gasteiger partial charge in [0.05, 0.1) is 24.8 Å². The van der Waals surface area contributed by atoms with Crippen molar-refractivity contribution >= 4 is 6.09 Å². The van der Waals surface area contributed by atoms with Crippen LogP contribution in [0.25, 0.3) is 0 Å². The van der Waals surface area contributed by atoms with Crippen LogP contribution < -0.4 is 0 Å². The molecule has 2 N–H and O–H groups in total. The third-order valence-corrected chi connectivity index (χ3v) is 2.56. The van der Waals surface area contributed by atoms with Crippen molar-refractivity contribution < 1.29 is 19.7 Å². The zero-order valence-electron chi connectivity index (χ0n) is 7.86. The molecule has 0 saturated carbocycles. The number of carboxylic acid groups (broad SMARTS) is 1. The highest BCUT2D eigenvalue weighted by Crippen LogP contribution is 2.29. The number of likely N-dealkylation sites (tertiary alicyclic amines) is 1. The molecule has 0 aromatic carbocycles. The normalized spacial score (nSPS) is 33.8. The van der Waals surface area contributed by atoms with Crippen molar-refractivity contribution in [2.45, 2.75) is 25.0 Å². The van der Waals surface area contributed by atoms with Gasteiger partial charge in [0, 0.05) is 13.5 Å². The van der Waals surface area contributed by atoms with Crippen molar-refractivity contribution in [3.63, 3.8) is 0 Å². The average molecular weight is 189 g/mol. The fourth-order valence-corrected chi connectivity index (χ4v) is 1.70. The molecular weight excluding hydrogens is 174 g/mol. The summed E-state index contributed by atoms with van der Waals surface area (Å²) in [6, 6.07) is -0.331. The topological polar surface area (TPSA) is 70.0 Å². The van der Waals surface area contributed by atoms with E-state index in [9.17, 15) is 4.79 Å². The molecule has 5 heteroatoms. The molecular formula is C8H15NO4. The van der Waals surface area contributed by atoms with Gasteiger partial charge in [-0.15, -0.1) is 0 Å². The molecule has 1 aliphatic rings. The van der Waals surface area contributed by atoms with Crippen LogP contribution in [0.15, 0.2) is 0 Å². The first-order valence-corrected chi connectivity index (χ1v) is 4.18. The maximum atomic E-state index is 10.7. The van der Waals surface area contributed by atoms with E-state index in [0.717, 1.165) is 0 Å². The molecule has 0 aromatic heterocycles. The van der Waals surface area contributed by atoms with Gasteiger partial charge in [0.2, 0.25) is 0 Å². The fourth-order valence-electron chi connectivity index (χ4n) is 1.70. The molecule has 1 amide bonds. The van der Waals surface area contributed by atoms with Gasteiger partial charge >= 0.3 is 6.09 Å². The van der Waals surface area contributed by atoms with E-state index in [4.69, 9.17) is 14.9 Å². The summed E-state index contributed by atoms with van der Waals surface area (Å²) < 4.78 is 5.20. The second-order valence-corrected chi connectivity index (χ2v) is 3.61. The summed E-state index contributed by atoms with van der Waals surface area (Å²) in [5.41, 5.74) is -0.453. The van der Waals surface area contributed by atoms with E-state index < -0.39 is 11.7 Å². The molecule has 2 unspecified atom stereocenters. The minimum atomic E-state index is -1.00. The van der Waals surface area contributed by atoms with Gasteiger partial charge in [-0.3, -0.25) is 0 Å². The van der Waals surface area contributed by atoms with Crippen molar-refractivity contribution in [1.82, 2.24) is 4.90 Å². The monoisotopic (exact) mass is 189 g/mol. The number of carbonyl (C=O) groups is 1. The highest BCUT2D eigenvalue weighted by Gasteiger charge is 2.42. The van der Waals surface area contributed by atoms with Gasteiger partial charge in [0.25, 0.3) is 0 Å². The third-order valence-electron chi connectivity index (χ3n) is 2.56. The molecule has 1 rings (SSSR count). The predicted molar refractivity (Wildman–Crippen MR) is 45.6 cm³/mol. The van der Waals surface area contributed by atoms with Gasteiger partial charge in [-0.05, 0) is 6.92 Å². The number of nitrogens with zero attached hydrogens (tertiary/aromatic N) is 1. The molecule has 0 radical (unpaired) electrons. The van der Waals surface area contributed by atoms with E-state index in [1.165, 1.54) is 4.90 Å². The molecule has 1 heterocycles. The van der Waals surface area contributed by atoms with Crippen LogP contribution in [-0.4, -0.2) is 53.1 Å². The second-order valence-electron chi connectivity index (χ2n) is 3.61. The minimum Gasteiger partial charge on any atom is -0.465 e. The van der Waals surface area contributed by atoms with Crippen LogP contribution in [0.1, 0.15) is 13.3 Å². The first kappa shape index (κ1) is 10.3. The average Bonchev–Trinajstić information content (AvgIpc) is 2.44. The number of aliphatic hydroxyl groups excluding tert-OH is 1. The molecule has 2 atom stereocenters. The van der Waals surface area contributed by atoms with E-state index in [1.54, 1.807) is 7.11 Å². The summed E-state index contributed by atoms with van der Waals surface area (Å²) in [6.45, 7) is 2.02. The fraction of sp³-hybridized carbons (Fsp3) is 0.875. The highest BCUT2D eigenvalue weighted by molar-refractivity contribution is 5.66. The van der Waals surface area contributed by atoms with E-state index in [1.807, 2.05) is 6.92 Å². The van der Waals surface area contributed by atoms with Gasteiger partial charge in [0.1, 0.15) is 0 Å². The Morgan fingerprint density at radius 2 is 2.38 bits per heavy atom. The van der Waals surface area contributed by atoms with Gasteiger partial charge in [-0.25, -0.2) is 4.79 Å². The molecule has 1 fully saturated rings. The maximum Gasteiger partial charge on any atom is 0.407 e. The van der Waals surface area contributed by atoms with Crippen molar-refractivity contribution in [3.05, 3.63) is 0 Å². The van der Waals surface area contributed by atoms with Gasteiger partial charge < -0.3 is 19.8 Å². The number of methoxy groups -OCH3 is 1. The molecule has 0 aromatic rings. The number of aliphatic hydroxyl groups is 1. The third kappa shape index (κ3) is 1.92. The standard InChI is InChI=1S/C8H15NO4/c1-8(13-2)3-6(4-10)9(5-8)7(11)12/h6,10H,3-5H2,1-2H3,(H,11,12). The van der Waals surface area contributed by atoms with Crippen LogP contribution in [0, 0.1) is 0 Å². The first-order valence-electron chi connectivity index (χ1n) is 4.18. The summed E-state index contributed by atoms with van der Waals surface area (Å²) in [7, 11) is 1.56. The number of hydrogen-bond donors (Lipinski definition) is 2. The zero-order valence-corrected chi connectivity index (χ0v) is 7.86. The molecule has 1 aliphatic heterocycles. The molecule has 5 nitrogen and oxygen atoms in total. The van der Waals surface area contributed by atoms with E-state index in [0.29, 0.717) is 13.0 Å². The number of ether oxygens (including phenoxy) is 1. The Hall–Kier alpha value is -0.810. The van der Waals surface area contributed by atoms with Crippen molar-refractivity contribution in [2.24, 2.45) is 0 Å². The number of rotatable bonds is 2. The Kier molecular flexibility index (Phi) is 2.77. The Labute approximate surface area is 76.9 Å². The summed E-state index contributed by atoms with van der Waals surface area (Å²) >= 11 is 0. The SMILES string of the molecule is COC1(C)CC(CO)N(C(=O)O)C1. The summed E-state index contributed by atoms with van der Waals surface area (Å²) in [4.78, 5) is 12.0. The largest absolute Gasteiger partial charge is 0.465 e. The van der Waals surface area contributed by atoms with Crippen molar-refractivity contribution in [3.8, 4) is 0 Å². The van der Waals surface area contributed by atoms with Gasteiger partial charge in [-0.1, -0.05) is 0 Å². The molecule has 0 aliphatic carbocycles. The van der Waals surface area contributed by atoms with Gasteiger partial charge in [-0.2, -0.15) is 0 Å². The van der Waals surface area contributed by atoms with E-state index >= 15 is 0 Å². The quantitative estimate of drug-likeness (QED) is 0.648. The summed E-state index contributed by atoms with van der Waals surface area (Å²) in [6.07, 6.45) is -0.452. The van der Waals surface area contributed by atoms with Crippen LogP contribution >= 0.6 is 0 Å².